The first-order chi connectivity index (χ1) is 23.9. The molecule has 1 N–H and O–H groups in total. The maximum absolute atomic E-state index is 15.1. The molecule has 1 aromatic rings. The second kappa shape index (κ2) is 15.5. The number of benzene rings is 1. The van der Waals surface area contributed by atoms with Crippen LogP contribution in [0.1, 0.15) is 141 Å². The van der Waals surface area contributed by atoms with E-state index in [1.54, 1.807) is 18.2 Å². The zero-order valence-electron chi connectivity index (χ0n) is 30.8. The summed E-state index contributed by atoms with van der Waals surface area (Å²) in [5, 5.41) is 11.3. The van der Waals surface area contributed by atoms with Crippen LogP contribution in [0.25, 0.3) is 0 Å². The Hall–Kier alpha value is -1.81. The minimum Gasteiger partial charge on any atom is -0.383 e. The Morgan fingerprint density at radius 1 is 0.784 bits per heavy atom. The third-order valence-electron chi connectivity index (χ3n) is 14.0. The summed E-state index contributed by atoms with van der Waals surface area (Å²) in [7, 11) is -3.23. The van der Waals surface area contributed by atoms with Crippen LogP contribution >= 0.6 is 0 Å². The number of hydrogen-bond acceptors (Lipinski definition) is 4. The number of carbonyl (C=O) groups is 1. The van der Waals surface area contributed by atoms with E-state index in [4.69, 9.17) is 0 Å². The second-order valence-electron chi connectivity index (χ2n) is 17.0. The zero-order valence-corrected chi connectivity index (χ0v) is 31.6. The number of halogens is 5. The average molecular weight is 743 g/mol. The molecule has 7 atom stereocenters. The molecule has 4 aliphatic carbocycles. The van der Waals surface area contributed by atoms with Gasteiger partial charge in [0.1, 0.15) is 5.60 Å². The van der Waals surface area contributed by atoms with Crippen molar-refractivity contribution >= 4 is 15.6 Å². The number of carbonyl (C=O) groups excluding carboxylic acids is 1. The summed E-state index contributed by atoms with van der Waals surface area (Å²) in [6, 6.07) is 7.02. The Morgan fingerprint density at radius 3 is 1.92 bits per heavy atom. The molecule has 0 radical (unpaired) electrons. The maximum Gasteiger partial charge on any atom is 0.456 e. The zero-order chi connectivity index (χ0) is 37.3. The van der Waals surface area contributed by atoms with Crippen LogP contribution in [-0.2, 0) is 14.6 Å². The lowest BCUT2D eigenvalue weighted by atomic mass is 9.43. The largest absolute Gasteiger partial charge is 0.456 e. The van der Waals surface area contributed by atoms with Gasteiger partial charge in [0, 0.05) is 11.8 Å². The second-order valence-corrected chi connectivity index (χ2v) is 19.2. The van der Waals surface area contributed by atoms with Gasteiger partial charge in [-0.2, -0.15) is 22.0 Å². The van der Waals surface area contributed by atoms with Crippen LogP contribution in [0.15, 0.2) is 40.8 Å². The van der Waals surface area contributed by atoms with Crippen LogP contribution in [0.3, 0.4) is 0 Å². The molecule has 4 aliphatic rings. The number of hydrogen-bond donors (Lipinski definition) is 1. The van der Waals surface area contributed by atoms with Crippen LogP contribution in [0, 0.1) is 41.4 Å². The molecule has 0 aliphatic heterocycles. The Labute approximate surface area is 302 Å². The van der Waals surface area contributed by atoms with E-state index in [0.717, 1.165) is 81.8 Å². The van der Waals surface area contributed by atoms with Gasteiger partial charge < -0.3 is 5.11 Å². The lowest BCUT2D eigenvalue weighted by molar-refractivity contribution is -0.364. The quantitative estimate of drug-likeness (QED) is 0.135. The average Bonchev–Trinajstić information content (AvgIpc) is 3.35. The van der Waals surface area contributed by atoms with Gasteiger partial charge >= 0.3 is 12.1 Å². The number of allylic oxidation sites excluding steroid dienone is 1. The molecule has 2 unspecified atom stereocenters. The molecule has 0 amide bonds. The number of alkyl halides is 5. The molecule has 0 spiro atoms. The van der Waals surface area contributed by atoms with E-state index in [0.29, 0.717) is 37.0 Å². The number of sulfone groups is 1. The Bertz CT molecular complexity index is 1500. The molecule has 0 aromatic heterocycles. The van der Waals surface area contributed by atoms with Crippen LogP contribution in [0.5, 0.6) is 0 Å². The highest BCUT2D eigenvalue weighted by Crippen LogP contribution is 2.72. The fourth-order valence-corrected chi connectivity index (χ4v) is 12.3. The summed E-state index contributed by atoms with van der Waals surface area (Å²) in [4.78, 5) is 12.9. The fraction of sp³-hybridized carbons (Fsp3) is 0.780. The molecule has 4 nitrogen and oxygen atoms in total. The molecule has 5 rings (SSSR count). The summed E-state index contributed by atoms with van der Waals surface area (Å²) < 4.78 is 96.3. The highest BCUT2D eigenvalue weighted by molar-refractivity contribution is 7.91. The third-order valence-corrected chi connectivity index (χ3v) is 15.8. The van der Waals surface area contributed by atoms with Crippen molar-refractivity contribution in [1.82, 2.24) is 0 Å². The molecular weight excluding hydrogens is 684 g/mol. The number of rotatable bonds is 16. The van der Waals surface area contributed by atoms with Crippen LogP contribution in [0.2, 0.25) is 0 Å². The van der Waals surface area contributed by atoms with Gasteiger partial charge in [-0.25, -0.2) is 8.42 Å². The Morgan fingerprint density at radius 2 is 1.33 bits per heavy atom. The van der Waals surface area contributed by atoms with Crippen molar-refractivity contribution in [2.45, 2.75) is 165 Å². The minimum absolute atomic E-state index is 0.0557. The highest BCUT2D eigenvalue weighted by atomic mass is 32.2. The van der Waals surface area contributed by atoms with E-state index in [-0.39, 0.29) is 47.5 Å². The van der Waals surface area contributed by atoms with Crippen molar-refractivity contribution < 1.29 is 40.3 Å². The van der Waals surface area contributed by atoms with Gasteiger partial charge in [-0.1, -0.05) is 101 Å². The van der Waals surface area contributed by atoms with E-state index in [1.807, 2.05) is 19.1 Å². The molecule has 3 saturated carbocycles. The minimum atomic E-state index is -5.82. The van der Waals surface area contributed by atoms with Gasteiger partial charge in [0.15, 0.2) is 15.6 Å². The molecule has 51 heavy (non-hydrogen) atoms. The number of fused-ring (bicyclic) bond motifs is 5. The van der Waals surface area contributed by atoms with E-state index in [2.05, 4.69) is 6.92 Å². The van der Waals surface area contributed by atoms with Gasteiger partial charge in [-0.05, 0) is 106 Å². The van der Waals surface area contributed by atoms with Crippen molar-refractivity contribution in [2.75, 3.05) is 5.75 Å². The molecule has 10 heteroatoms. The number of unbranched alkanes of at least 4 members (excludes halogenated alkanes) is 10. The molecule has 288 valence electrons. The molecule has 0 bridgehead atoms. The fourth-order valence-electron chi connectivity index (χ4n) is 10.9. The van der Waals surface area contributed by atoms with Gasteiger partial charge in [-0.3, -0.25) is 4.79 Å². The standard InChI is InChI=1S/C41H59F5O4S/c1-29-16-18-33(19-17-29)51(49,50)26-14-12-10-8-6-4-5-7-9-11-13-15-30-27-31-28-32(47)20-23-37(31,2)34-21-24-38(3)35(36(30)34)22-25-39(38,48)40(42,43)41(44,45)46/h16-19,28,30,34-36,48H,4-15,20-27H2,1-3H3/t30?,34-,35+,36-,37+,38+,39?/m1/s1. The van der Waals surface area contributed by atoms with Crippen LogP contribution in [0.4, 0.5) is 22.0 Å². The first-order valence-electron chi connectivity index (χ1n) is 19.6. The lowest BCUT2D eigenvalue weighted by Crippen LogP contribution is -2.66. The number of aliphatic hydroxyl groups is 1. The summed E-state index contributed by atoms with van der Waals surface area (Å²) in [6.07, 6.45) is 10.1. The van der Waals surface area contributed by atoms with Crippen molar-refractivity contribution in [2.24, 2.45) is 34.5 Å². The normalized spacial score (nSPS) is 32.6. The Kier molecular flexibility index (Phi) is 12.3. The van der Waals surface area contributed by atoms with Gasteiger partial charge in [0.05, 0.1) is 10.6 Å². The smallest absolute Gasteiger partial charge is 0.383 e. The summed E-state index contributed by atoms with van der Waals surface area (Å²) in [6.45, 7) is 5.60. The predicted octanol–water partition coefficient (Wildman–Crippen LogP) is 11.1. The third kappa shape index (κ3) is 7.88. The molecule has 0 heterocycles. The van der Waals surface area contributed by atoms with Crippen LogP contribution in [-0.4, -0.2) is 42.8 Å². The number of aryl methyl sites for hydroxylation is 1. The van der Waals surface area contributed by atoms with Crippen LogP contribution < -0.4 is 0 Å². The first kappa shape index (κ1) is 40.4. The lowest BCUT2D eigenvalue weighted by Gasteiger charge is -2.62. The van der Waals surface area contributed by atoms with Crippen molar-refractivity contribution in [3.63, 3.8) is 0 Å². The van der Waals surface area contributed by atoms with E-state index >= 15 is 8.78 Å². The summed E-state index contributed by atoms with van der Waals surface area (Å²) >= 11 is 0. The topological polar surface area (TPSA) is 71.4 Å². The van der Waals surface area contributed by atoms with Gasteiger partial charge in [-0.15, -0.1) is 0 Å². The molecule has 1 aromatic carbocycles. The first-order valence-corrected chi connectivity index (χ1v) is 21.2. The van der Waals surface area contributed by atoms with Crippen molar-refractivity contribution in [3.8, 4) is 0 Å². The van der Waals surface area contributed by atoms with Gasteiger partial charge in [0.2, 0.25) is 0 Å². The summed E-state index contributed by atoms with van der Waals surface area (Å²) in [5.74, 6) is -5.16. The SMILES string of the molecule is Cc1ccc(S(=O)(=O)CCCCCCCCCCCCCC2CC3=CC(=O)CC[C@]3(C)[C@@H]3CC[C@@]4(C)[C@@H](CCC4(O)C(F)(F)C(F)(F)F)[C@H]23)cc1. The van der Waals surface area contributed by atoms with E-state index in [1.165, 1.54) is 6.92 Å². The van der Waals surface area contributed by atoms with E-state index in [9.17, 15) is 31.5 Å². The predicted molar refractivity (Wildman–Crippen MR) is 190 cm³/mol. The number of ketones is 1. The monoisotopic (exact) mass is 742 g/mol. The van der Waals surface area contributed by atoms with E-state index < -0.39 is 45.3 Å². The summed E-state index contributed by atoms with van der Waals surface area (Å²) in [5.41, 5.74) is -2.75. The maximum atomic E-state index is 15.1. The molecular formula is C41H59F5O4S. The molecule has 3 fully saturated rings. The Balaban J connectivity index is 1.08. The van der Waals surface area contributed by atoms with Gasteiger partial charge in [0.25, 0.3) is 0 Å². The van der Waals surface area contributed by atoms with Crippen molar-refractivity contribution in [1.29, 1.82) is 0 Å². The van der Waals surface area contributed by atoms with Crippen molar-refractivity contribution in [3.05, 3.63) is 41.5 Å². The highest BCUT2D eigenvalue weighted by Gasteiger charge is 2.79. The molecule has 0 saturated heterocycles.